The quantitative estimate of drug-likeness (QED) is 0.137. The summed E-state index contributed by atoms with van der Waals surface area (Å²) in [6.45, 7) is 8.13. The molecule has 3 atom stereocenters. The van der Waals surface area contributed by atoms with Gasteiger partial charge in [0.05, 0.1) is 46.7 Å². The Labute approximate surface area is 353 Å². The van der Waals surface area contributed by atoms with E-state index in [2.05, 4.69) is 21.6 Å². The molecule has 5 heterocycles. The first-order valence-electron chi connectivity index (χ1n) is 19.3. The summed E-state index contributed by atoms with van der Waals surface area (Å²) < 4.78 is 17.7. The second kappa shape index (κ2) is 16.6. The van der Waals surface area contributed by atoms with E-state index in [1.807, 2.05) is 51.1 Å². The minimum absolute atomic E-state index is 0.0642. The lowest BCUT2D eigenvalue weighted by molar-refractivity contribution is -0.122. The Kier molecular flexibility index (Phi) is 11.9. The van der Waals surface area contributed by atoms with Crippen LogP contribution in [0.3, 0.4) is 0 Å². The fraction of sp³-hybridized carbons (Fsp3) is 0.419. The molecule has 2 fully saturated rings. The van der Waals surface area contributed by atoms with Gasteiger partial charge in [-0.2, -0.15) is 0 Å². The van der Waals surface area contributed by atoms with Crippen molar-refractivity contribution in [1.82, 2.24) is 25.5 Å². The number of rotatable bonds is 11. The van der Waals surface area contributed by atoms with Crippen LogP contribution < -0.4 is 25.8 Å². The van der Waals surface area contributed by atoms with Crippen molar-refractivity contribution in [2.24, 2.45) is 11.1 Å². The normalized spacial score (nSPS) is 19.2. The number of carbonyl (C=O) groups is 3. The molecule has 2 saturated heterocycles. The average Bonchev–Trinajstić information content (AvgIpc) is 3.81. The maximum atomic E-state index is 12.4. The number of nitrogens with one attached hydrogen (secondary N) is 2. The fourth-order valence-corrected chi connectivity index (χ4v) is 9.54. The second-order valence-corrected chi connectivity index (χ2v) is 17.3. The number of fused-ring (bicyclic) bond motifs is 1. The maximum Gasteiger partial charge on any atom is 0.405 e. The number of halogens is 3. The molecule has 4 N–H and O–H groups in total. The third-order valence-electron chi connectivity index (χ3n) is 11.7. The summed E-state index contributed by atoms with van der Waals surface area (Å²) >= 11 is 21.5. The predicted octanol–water partition coefficient (Wildman–Crippen LogP) is 7.79. The number of primary amides is 1. The Morgan fingerprint density at radius 3 is 2.31 bits per heavy atom. The lowest BCUT2D eigenvalue weighted by Gasteiger charge is -2.47. The van der Waals surface area contributed by atoms with Crippen molar-refractivity contribution in [1.29, 1.82) is 0 Å². The van der Waals surface area contributed by atoms with Crippen molar-refractivity contribution < 1.29 is 28.6 Å². The number of benzene rings is 2. The standard InChI is InChI=1S/C43H47Cl3N6O6/c1-42(2,3)43(58-41(47)55,34-10-12-36(54)51-34)20-29-31(44)19-32(50-40(29)57-5)28-8-6-7-26(37(28)45)27-13-15-48-39(38(27)46)24-17-23-14-16-52(21-25-9-11-35(53)49-25)22-30(23)33(18-24)56-4/h6-8,13,15,17-19,25,34H,9-12,14,16,20-22H2,1-5H3,(H2,47,55)(H,49,53)(H,51,54)/t25-,34-,43?/m0/s1. The molecule has 58 heavy (non-hydrogen) atoms. The molecular formula is C43H47Cl3N6O6. The number of aromatic nitrogens is 2. The van der Waals surface area contributed by atoms with Crippen LogP contribution in [0.4, 0.5) is 4.79 Å². The maximum absolute atomic E-state index is 12.4. The van der Waals surface area contributed by atoms with Gasteiger partial charge in [-0.05, 0) is 49.1 Å². The number of carbonyl (C=O) groups excluding carboxylic acids is 3. The van der Waals surface area contributed by atoms with Crippen LogP contribution >= 0.6 is 34.8 Å². The number of amides is 3. The Morgan fingerprint density at radius 2 is 1.66 bits per heavy atom. The highest BCUT2D eigenvalue weighted by molar-refractivity contribution is 6.39. The summed E-state index contributed by atoms with van der Waals surface area (Å²) in [7, 11) is 3.15. The summed E-state index contributed by atoms with van der Waals surface area (Å²) in [4.78, 5) is 48.5. The smallest absolute Gasteiger partial charge is 0.405 e. The number of methoxy groups -OCH3 is 2. The molecule has 3 aliphatic rings. The lowest BCUT2D eigenvalue weighted by atomic mass is 9.68. The first-order chi connectivity index (χ1) is 27.6. The number of hydrogen-bond donors (Lipinski definition) is 3. The Morgan fingerprint density at radius 1 is 0.931 bits per heavy atom. The highest BCUT2D eigenvalue weighted by Gasteiger charge is 2.54. The molecule has 3 aliphatic heterocycles. The number of nitrogens with two attached hydrogens (primary N) is 1. The average molecular weight is 850 g/mol. The molecular weight excluding hydrogens is 803 g/mol. The Bertz CT molecular complexity index is 2260. The van der Waals surface area contributed by atoms with Crippen LogP contribution in [-0.4, -0.2) is 77.8 Å². The van der Waals surface area contributed by atoms with E-state index in [0.29, 0.717) is 61.6 Å². The van der Waals surface area contributed by atoms with E-state index in [0.717, 1.165) is 49.4 Å². The van der Waals surface area contributed by atoms with Gasteiger partial charge in [-0.25, -0.2) is 9.78 Å². The van der Waals surface area contributed by atoms with Gasteiger partial charge in [-0.1, -0.05) is 73.8 Å². The zero-order chi connectivity index (χ0) is 41.5. The van der Waals surface area contributed by atoms with Gasteiger partial charge in [-0.3, -0.25) is 19.5 Å². The number of ether oxygens (including phenoxy) is 3. The summed E-state index contributed by atoms with van der Waals surface area (Å²) in [6, 6.07) is 12.8. The van der Waals surface area contributed by atoms with Crippen LogP contribution in [0.15, 0.2) is 48.7 Å². The van der Waals surface area contributed by atoms with E-state index in [9.17, 15) is 14.4 Å². The predicted molar refractivity (Wildman–Crippen MR) is 224 cm³/mol. The highest BCUT2D eigenvalue weighted by Crippen LogP contribution is 2.47. The zero-order valence-electron chi connectivity index (χ0n) is 33.1. The summed E-state index contributed by atoms with van der Waals surface area (Å²) in [5, 5.41) is 7.16. The molecule has 3 amide bonds. The topological polar surface area (TPSA) is 158 Å². The minimum atomic E-state index is -1.28. The number of hydrogen-bond acceptors (Lipinski definition) is 9. The van der Waals surface area contributed by atoms with Crippen LogP contribution in [0.5, 0.6) is 11.6 Å². The molecule has 2 aromatic carbocycles. The van der Waals surface area contributed by atoms with Crippen molar-refractivity contribution >= 4 is 52.7 Å². The van der Waals surface area contributed by atoms with E-state index in [1.165, 1.54) is 12.7 Å². The lowest BCUT2D eigenvalue weighted by Crippen LogP contribution is -2.61. The Hall–Kier alpha value is -4.62. The van der Waals surface area contributed by atoms with Gasteiger partial charge >= 0.3 is 6.09 Å². The largest absolute Gasteiger partial charge is 0.496 e. The van der Waals surface area contributed by atoms with Gasteiger partial charge in [0, 0.05) is 89.9 Å². The molecule has 1 unspecified atom stereocenters. The van der Waals surface area contributed by atoms with Crippen LogP contribution in [0, 0.1) is 5.41 Å². The van der Waals surface area contributed by atoms with Gasteiger partial charge in [0.25, 0.3) is 0 Å². The molecule has 15 heteroatoms. The molecule has 0 aliphatic carbocycles. The minimum Gasteiger partial charge on any atom is -0.496 e. The summed E-state index contributed by atoms with van der Waals surface area (Å²) in [5.41, 5.74) is 10.2. The second-order valence-electron chi connectivity index (χ2n) is 16.2. The van der Waals surface area contributed by atoms with Crippen molar-refractivity contribution in [2.75, 3.05) is 27.3 Å². The van der Waals surface area contributed by atoms with Crippen molar-refractivity contribution in [3.8, 4) is 45.3 Å². The molecule has 306 valence electrons. The van der Waals surface area contributed by atoms with Crippen molar-refractivity contribution in [2.45, 2.75) is 83.5 Å². The molecule has 2 aromatic heterocycles. The van der Waals surface area contributed by atoms with Crippen molar-refractivity contribution in [3.05, 3.63) is 80.4 Å². The van der Waals surface area contributed by atoms with Gasteiger partial charge in [0.2, 0.25) is 17.7 Å². The SMILES string of the molecule is COc1cc(-c2nccc(-c3cccc(-c4cc(Cl)c(CC(OC(N)=O)([C@@H]5CCC(=O)N5)C(C)(C)C)c(OC)n4)c3Cl)c2Cl)cc2c1CN(C[C@@H]1CCC(=O)N1)CC2. The van der Waals surface area contributed by atoms with Crippen LogP contribution in [0.25, 0.3) is 33.6 Å². The van der Waals surface area contributed by atoms with Crippen LogP contribution in [0.2, 0.25) is 15.1 Å². The molecule has 4 aromatic rings. The van der Waals surface area contributed by atoms with Gasteiger partial charge in [-0.15, -0.1) is 0 Å². The van der Waals surface area contributed by atoms with E-state index in [4.69, 9.17) is 64.7 Å². The van der Waals surface area contributed by atoms with Crippen LogP contribution in [0.1, 0.15) is 63.1 Å². The third-order valence-corrected chi connectivity index (χ3v) is 12.8. The Balaban J connectivity index is 1.21. The van der Waals surface area contributed by atoms with Gasteiger partial charge in [0.15, 0.2) is 0 Å². The molecule has 0 radical (unpaired) electrons. The van der Waals surface area contributed by atoms with Crippen LogP contribution in [-0.2, 0) is 33.7 Å². The third kappa shape index (κ3) is 8.04. The number of nitrogens with zero attached hydrogens (tertiary/aromatic N) is 3. The number of pyridine rings is 2. The highest BCUT2D eigenvalue weighted by atomic mass is 35.5. The van der Waals surface area contributed by atoms with E-state index < -0.39 is 23.2 Å². The van der Waals surface area contributed by atoms with E-state index in [-0.39, 0.29) is 36.6 Å². The monoisotopic (exact) mass is 848 g/mol. The summed E-state index contributed by atoms with van der Waals surface area (Å²) in [5.74, 6) is 0.933. The fourth-order valence-electron chi connectivity index (χ4n) is 8.64. The van der Waals surface area contributed by atoms with E-state index >= 15 is 0 Å². The van der Waals surface area contributed by atoms with Gasteiger partial charge < -0.3 is 30.6 Å². The molecule has 7 rings (SSSR count). The molecule has 0 saturated carbocycles. The van der Waals surface area contributed by atoms with Crippen molar-refractivity contribution in [3.63, 3.8) is 0 Å². The first-order valence-corrected chi connectivity index (χ1v) is 20.4. The summed E-state index contributed by atoms with van der Waals surface area (Å²) in [6.07, 6.45) is 3.78. The van der Waals surface area contributed by atoms with E-state index in [1.54, 1.807) is 19.4 Å². The van der Waals surface area contributed by atoms with Gasteiger partial charge in [0.1, 0.15) is 11.4 Å². The molecule has 0 spiro atoms. The molecule has 0 bridgehead atoms. The zero-order valence-corrected chi connectivity index (χ0v) is 35.4. The molecule has 12 nitrogen and oxygen atoms in total. The first kappa shape index (κ1) is 41.5.